The number of amides is 2. The average molecular weight is 443 g/mol. The van der Waals surface area contributed by atoms with E-state index in [9.17, 15) is 14.4 Å². The molecule has 0 saturated carbocycles. The highest BCUT2D eigenvalue weighted by molar-refractivity contribution is 5.89. The van der Waals surface area contributed by atoms with Crippen molar-refractivity contribution in [2.24, 2.45) is 17.3 Å². The van der Waals surface area contributed by atoms with Crippen LogP contribution in [0.3, 0.4) is 0 Å². The van der Waals surface area contributed by atoms with E-state index in [1.165, 1.54) is 0 Å². The summed E-state index contributed by atoms with van der Waals surface area (Å²) in [5.74, 6) is 0.0859. The fraction of sp³-hybridized carbons (Fsp3) is 0.792. The fourth-order valence-corrected chi connectivity index (χ4v) is 2.63. The molecule has 0 aromatic heterocycles. The second-order valence-corrected chi connectivity index (χ2v) is 9.07. The van der Waals surface area contributed by atoms with Crippen LogP contribution in [0, 0.1) is 17.3 Å². The van der Waals surface area contributed by atoms with E-state index in [1.807, 2.05) is 27.7 Å². The molecule has 0 spiro atoms. The number of ether oxygens (including phenoxy) is 2. The van der Waals surface area contributed by atoms with Gasteiger partial charge in [-0.05, 0) is 39.0 Å². The molecule has 0 fully saturated rings. The van der Waals surface area contributed by atoms with Gasteiger partial charge in [-0.25, -0.2) is 4.79 Å². The van der Waals surface area contributed by atoms with Crippen molar-refractivity contribution in [3.8, 4) is 0 Å². The zero-order valence-corrected chi connectivity index (χ0v) is 21.6. The monoisotopic (exact) mass is 442 g/mol. The molecule has 0 aliphatic heterocycles. The first-order valence-electron chi connectivity index (χ1n) is 11.2. The topological polar surface area (TPSA) is 84.9 Å². The molecule has 0 rings (SSSR count). The lowest BCUT2D eigenvalue weighted by Gasteiger charge is -2.30. The van der Waals surface area contributed by atoms with Gasteiger partial charge < -0.3 is 19.7 Å². The lowest BCUT2D eigenvalue weighted by Crippen LogP contribution is -2.48. The Kier molecular flexibility index (Phi) is 16.0. The Bertz CT molecular complexity index is 584. The Hall–Kier alpha value is -1.89. The largest absolute Gasteiger partial charge is 0.463 e. The van der Waals surface area contributed by atoms with Crippen molar-refractivity contribution in [3.63, 3.8) is 0 Å². The van der Waals surface area contributed by atoms with Crippen molar-refractivity contribution >= 4 is 17.8 Å². The molecule has 182 valence electrons. The summed E-state index contributed by atoms with van der Waals surface area (Å²) in [6.07, 6.45) is 2.34. The van der Waals surface area contributed by atoms with E-state index in [1.54, 1.807) is 39.0 Å². The van der Waals surface area contributed by atoms with Crippen LogP contribution in [0.5, 0.6) is 0 Å². The molecule has 31 heavy (non-hydrogen) atoms. The number of nitrogens with zero attached hydrogens (tertiary/aromatic N) is 1. The molecule has 0 bridgehead atoms. The van der Waals surface area contributed by atoms with Crippen molar-refractivity contribution in [2.75, 3.05) is 33.9 Å². The van der Waals surface area contributed by atoms with E-state index in [-0.39, 0.29) is 36.9 Å². The highest BCUT2D eigenvalue weighted by atomic mass is 16.5. The molecular weight excluding hydrogens is 396 g/mol. The van der Waals surface area contributed by atoms with Gasteiger partial charge in [0.25, 0.3) is 0 Å². The molecular formula is C24H46N2O5. The molecule has 0 aliphatic carbocycles. The highest BCUT2D eigenvalue weighted by Crippen LogP contribution is 2.21. The number of hydrogen-bond donors (Lipinski definition) is 1. The zero-order chi connectivity index (χ0) is 24.8. The summed E-state index contributed by atoms with van der Waals surface area (Å²) in [5, 5.41) is 2.71. The quantitative estimate of drug-likeness (QED) is 0.388. The van der Waals surface area contributed by atoms with Gasteiger partial charge in [-0.15, -0.1) is 0 Å². The molecule has 0 saturated heterocycles. The molecule has 7 nitrogen and oxygen atoms in total. The van der Waals surface area contributed by atoms with Crippen LogP contribution in [0.4, 0.5) is 0 Å². The van der Waals surface area contributed by atoms with Gasteiger partial charge in [0.1, 0.15) is 0 Å². The van der Waals surface area contributed by atoms with Crippen LogP contribution in [0.25, 0.3) is 0 Å². The molecule has 0 aromatic carbocycles. The van der Waals surface area contributed by atoms with Gasteiger partial charge in [0, 0.05) is 19.7 Å². The van der Waals surface area contributed by atoms with Crippen LogP contribution >= 0.6 is 0 Å². The van der Waals surface area contributed by atoms with Gasteiger partial charge in [0.15, 0.2) is 0 Å². The van der Waals surface area contributed by atoms with Crippen LogP contribution in [0.15, 0.2) is 11.6 Å². The molecule has 2 amide bonds. The lowest BCUT2D eigenvalue weighted by molar-refractivity contribution is -0.139. The minimum Gasteiger partial charge on any atom is -0.463 e. The Morgan fingerprint density at radius 1 is 1.10 bits per heavy atom. The van der Waals surface area contributed by atoms with Crippen LogP contribution in [-0.4, -0.2) is 62.6 Å². The summed E-state index contributed by atoms with van der Waals surface area (Å²) < 4.78 is 10.1. The predicted octanol–water partition coefficient (Wildman–Crippen LogP) is 3.82. The molecule has 0 heterocycles. The van der Waals surface area contributed by atoms with E-state index in [0.717, 1.165) is 5.92 Å². The van der Waals surface area contributed by atoms with Crippen LogP contribution in [0.2, 0.25) is 0 Å². The molecule has 1 unspecified atom stereocenters. The summed E-state index contributed by atoms with van der Waals surface area (Å²) in [7, 11) is 3.22. The van der Waals surface area contributed by atoms with E-state index in [4.69, 9.17) is 9.47 Å². The Morgan fingerprint density at radius 3 is 2.00 bits per heavy atom. The van der Waals surface area contributed by atoms with Crippen molar-refractivity contribution in [2.45, 2.75) is 74.8 Å². The van der Waals surface area contributed by atoms with Gasteiger partial charge in [0.05, 0.1) is 31.2 Å². The fourth-order valence-electron chi connectivity index (χ4n) is 2.63. The van der Waals surface area contributed by atoms with Gasteiger partial charge in [-0.1, -0.05) is 47.6 Å². The number of rotatable bonds is 11. The SMILES string of the molecule is CC(C)C.CCOC(=O)/C(C)=C/[C@H](C(C)C)N(C)C(=O)CNC(=O)C(C)(CC)COC. The Balaban J connectivity index is 0. The molecule has 0 aromatic rings. The average Bonchev–Trinajstić information content (AvgIpc) is 2.68. The Labute approximate surface area is 189 Å². The number of likely N-dealkylation sites (N-methyl/N-ethyl adjacent to an activating group) is 1. The summed E-state index contributed by atoms with van der Waals surface area (Å²) in [6, 6.07) is -0.282. The number of carbonyl (C=O) groups is 3. The maximum atomic E-state index is 12.6. The normalized spacial score (nSPS) is 14.3. The second-order valence-electron chi connectivity index (χ2n) is 9.07. The van der Waals surface area contributed by atoms with Crippen LogP contribution in [-0.2, 0) is 23.9 Å². The van der Waals surface area contributed by atoms with Gasteiger partial charge in [-0.3, -0.25) is 9.59 Å². The molecule has 0 radical (unpaired) electrons. The zero-order valence-electron chi connectivity index (χ0n) is 21.6. The summed E-state index contributed by atoms with van der Waals surface area (Å²) in [5.41, 5.74) is -0.219. The molecule has 7 heteroatoms. The number of methoxy groups -OCH3 is 1. The minimum absolute atomic E-state index is 0.0911. The van der Waals surface area contributed by atoms with Crippen LogP contribution < -0.4 is 5.32 Å². The first-order valence-corrected chi connectivity index (χ1v) is 11.2. The van der Waals surface area contributed by atoms with Crippen molar-refractivity contribution < 1.29 is 23.9 Å². The smallest absolute Gasteiger partial charge is 0.333 e. The third kappa shape index (κ3) is 12.5. The maximum absolute atomic E-state index is 12.6. The number of esters is 1. The van der Waals surface area contributed by atoms with Gasteiger partial charge >= 0.3 is 5.97 Å². The number of carbonyl (C=O) groups excluding carboxylic acids is 3. The summed E-state index contributed by atoms with van der Waals surface area (Å²) >= 11 is 0. The van der Waals surface area contributed by atoms with Crippen molar-refractivity contribution in [1.29, 1.82) is 0 Å². The van der Waals surface area contributed by atoms with Crippen molar-refractivity contribution in [1.82, 2.24) is 10.2 Å². The number of hydrogen-bond acceptors (Lipinski definition) is 5. The van der Waals surface area contributed by atoms with E-state index in [2.05, 4.69) is 26.1 Å². The predicted molar refractivity (Wildman–Crippen MR) is 126 cm³/mol. The molecule has 1 N–H and O–H groups in total. The number of nitrogens with one attached hydrogen (secondary N) is 1. The van der Waals surface area contributed by atoms with Gasteiger partial charge in [-0.2, -0.15) is 0 Å². The first kappa shape index (κ1) is 31.3. The lowest BCUT2D eigenvalue weighted by atomic mass is 9.87. The maximum Gasteiger partial charge on any atom is 0.333 e. The van der Waals surface area contributed by atoms with Gasteiger partial charge in [0.2, 0.25) is 11.8 Å². The van der Waals surface area contributed by atoms with E-state index in [0.29, 0.717) is 18.6 Å². The third-order valence-corrected chi connectivity index (χ3v) is 4.73. The van der Waals surface area contributed by atoms with Crippen molar-refractivity contribution in [3.05, 3.63) is 11.6 Å². The highest BCUT2D eigenvalue weighted by Gasteiger charge is 2.32. The Morgan fingerprint density at radius 2 is 1.61 bits per heavy atom. The summed E-state index contributed by atoms with van der Waals surface area (Å²) in [6.45, 7) is 18.0. The second kappa shape index (κ2) is 15.8. The first-order chi connectivity index (χ1) is 14.3. The minimum atomic E-state index is -0.675. The molecule has 0 aliphatic rings. The van der Waals surface area contributed by atoms with E-state index < -0.39 is 11.4 Å². The van der Waals surface area contributed by atoms with Crippen LogP contribution in [0.1, 0.15) is 68.7 Å². The molecule has 2 atom stereocenters. The third-order valence-electron chi connectivity index (χ3n) is 4.73. The summed E-state index contributed by atoms with van der Waals surface area (Å²) in [4.78, 5) is 38.4. The van der Waals surface area contributed by atoms with E-state index >= 15 is 0 Å². The standard InChI is InChI=1S/C20H36N2O5.C4H10/c1-9-20(6,13-26-8)19(25)21-12-17(23)22(7)16(14(3)4)11-15(5)18(24)27-10-2;1-4(2)3/h11,14,16H,9-10,12-13H2,1-8H3,(H,21,25);4H,1-3H3/b15-11+;/t16-,20?;/m1./s1.